The summed E-state index contributed by atoms with van der Waals surface area (Å²) in [6.45, 7) is 1.74. The molecule has 4 N–H and O–H groups in total. The van der Waals surface area contributed by atoms with E-state index in [9.17, 15) is 0 Å². The first-order chi connectivity index (χ1) is 7.10. The minimum absolute atomic E-state index is 0.395. The van der Waals surface area contributed by atoms with Crippen LogP contribution in [0.1, 0.15) is 6.92 Å². The van der Waals surface area contributed by atoms with E-state index in [-0.39, 0.29) is 0 Å². The largest absolute Gasteiger partial charge is 0.377 e. The Morgan fingerprint density at radius 3 is 2.07 bits per heavy atom. The number of amidine groups is 2. The van der Waals surface area contributed by atoms with Crippen LogP contribution in [0.4, 0.5) is 0 Å². The SMILES string of the molecule is CSC(N)=NN=CC(C)=NN=C(N)SC. The summed E-state index contributed by atoms with van der Waals surface area (Å²) < 4.78 is 0. The van der Waals surface area contributed by atoms with Crippen LogP contribution in [0.25, 0.3) is 0 Å². The van der Waals surface area contributed by atoms with Gasteiger partial charge in [-0.05, 0) is 19.4 Å². The Bertz CT molecular complexity index is 307. The molecule has 0 spiro atoms. The van der Waals surface area contributed by atoms with Gasteiger partial charge in [0.15, 0.2) is 10.3 Å². The first-order valence-corrected chi connectivity index (χ1v) is 6.37. The fourth-order valence-electron chi connectivity index (χ4n) is 0.405. The highest BCUT2D eigenvalue weighted by atomic mass is 32.2. The maximum atomic E-state index is 5.43. The van der Waals surface area contributed by atoms with E-state index in [1.54, 1.807) is 6.92 Å². The highest BCUT2D eigenvalue weighted by Crippen LogP contribution is 1.92. The van der Waals surface area contributed by atoms with Gasteiger partial charge in [-0.15, -0.1) is 10.2 Å². The summed E-state index contributed by atoms with van der Waals surface area (Å²) in [7, 11) is 0. The Hall–Kier alpha value is -1.02. The summed E-state index contributed by atoms with van der Waals surface area (Å²) in [6, 6.07) is 0. The molecule has 0 fully saturated rings. The molecule has 0 aliphatic carbocycles. The Labute approximate surface area is 97.4 Å². The molecule has 0 heterocycles. The smallest absolute Gasteiger partial charge is 0.180 e. The normalized spacial score (nSPS) is 15.0. The van der Waals surface area contributed by atoms with Gasteiger partial charge in [0.2, 0.25) is 0 Å². The topological polar surface area (TPSA) is 101 Å². The van der Waals surface area contributed by atoms with Gasteiger partial charge in [0.1, 0.15) is 0 Å². The second kappa shape index (κ2) is 8.30. The average Bonchev–Trinajstić information content (AvgIpc) is 2.25. The van der Waals surface area contributed by atoms with Crippen LogP contribution in [-0.4, -0.2) is 34.8 Å². The molecule has 0 aliphatic rings. The van der Waals surface area contributed by atoms with E-state index >= 15 is 0 Å². The molecular weight excluding hydrogens is 232 g/mol. The zero-order valence-corrected chi connectivity index (χ0v) is 10.5. The van der Waals surface area contributed by atoms with E-state index < -0.39 is 0 Å². The van der Waals surface area contributed by atoms with Gasteiger partial charge in [-0.3, -0.25) is 0 Å². The fourth-order valence-corrected chi connectivity index (χ4v) is 0.656. The molecular formula is C7H14N6S2. The second-order valence-corrected chi connectivity index (χ2v) is 3.92. The molecule has 0 saturated heterocycles. The third-order valence-electron chi connectivity index (χ3n) is 1.13. The van der Waals surface area contributed by atoms with Crippen molar-refractivity contribution in [3.05, 3.63) is 0 Å². The van der Waals surface area contributed by atoms with Crippen molar-refractivity contribution in [2.75, 3.05) is 12.5 Å². The van der Waals surface area contributed by atoms with Crippen LogP contribution in [0.2, 0.25) is 0 Å². The maximum Gasteiger partial charge on any atom is 0.180 e. The van der Waals surface area contributed by atoms with Crippen molar-refractivity contribution in [2.45, 2.75) is 6.92 Å². The summed E-state index contributed by atoms with van der Waals surface area (Å²) in [5.41, 5.74) is 11.4. The molecule has 0 rings (SSSR count). The van der Waals surface area contributed by atoms with Crippen molar-refractivity contribution in [1.82, 2.24) is 0 Å². The number of hydrogen-bond donors (Lipinski definition) is 2. The van der Waals surface area contributed by atoms with E-state index in [0.29, 0.717) is 16.0 Å². The lowest BCUT2D eigenvalue weighted by atomic mass is 10.5. The van der Waals surface area contributed by atoms with Crippen LogP contribution < -0.4 is 11.5 Å². The Kier molecular flexibility index (Phi) is 7.74. The number of nitrogens with two attached hydrogens (primary N) is 2. The van der Waals surface area contributed by atoms with Crippen molar-refractivity contribution in [1.29, 1.82) is 0 Å². The van der Waals surface area contributed by atoms with Gasteiger partial charge < -0.3 is 11.5 Å². The van der Waals surface area contributed by atoms with Gasteiger partial charge in [0.05, 0.1) is 11.9 Å². The molecule has 0 aromatic rings. The number of nitrogens with zero attached hydrogens (tertiary/aromatic N) is 4. The first-order valence-electron chi connectivity index (χ1n) is 3.92. The van der Waals surface area contributed by atoms with Gasteiger partial charge in [-0.25, -0.2) is 0 Å². The van der Waals surface area contributed by atoms with E-state index in [4.69, 9.17) is 11.5 Å². The van der Waals surface area contributed by atoms with E-state index in [1.165, 1.54) is 29.7 Å². The Morgan fingerprint density at radius 1 is 1.00 bits per heavy atom. The van der Waals surface area contributed by atoms with Gasteiger partial charge in [-0.1, -0.05) is 23.5 Å². The highest BCUT2D eigenvalue weighted by Gasteiger charge is 1.87. The zero-order chi connectivity index (χ0) is 11.7. The van der Waals surface area contributed by atoms with Crippen molar-refractivity contribution in [3.8, 4) is 0 Å². The van der Waals surface area contributed by atoms with Crippen molar-refractivity contribution < 1.29 is 0 Å². The summed E-state index contributed by atoms with van der Waals surface area (Å²) in [5.74, 6) is 0. The van der Waals surface area contributed by atoms with Crippen LogP contribution in [0.5, 0.6) is 0 Å². The molecule has 84 valence electrons. The minimum atomic E-state index is 0.395. The molecule has 0 unspecified atom stereocenters. The second-order valence-electron chi connectivity index (χ2n) is 2.27. The molecule has 8 heteroatoms. The third kappa shape index (κ3) is 8.01. The zero-order valence-electron chi connectivity index (χ0n) is 8.84. The molecule has 0 bridgehead atoms. The van der Waals surface area contributed by atoms with Gasteiger partial charge in [0, 0.05) is 0 Å². The minimum Gasteiger partial charge on any atom is -0.377 e. The number of rotatable bonds is 3. The summed E-state index contributed by atoms with van der Waals surface area (Å²) in [4.78, 5) is 0. The van der Waals surface area contributed by atoms with Crippen molar-refractivity contribution in [3.63, 3.8) is 0 Å². The van der Waals surface area contributed by atoms with Crippen LogP contribution in [0.15, 0.2) is 20.4 Å². The number of hydrogen-bond acceptors (Lipinski definition) is 6. The summed E-state index contributed by atoms with van der Waals surface area (Å²) in [5, 5.41) is 15.7. The molecule has 6 nitrogen and oxygen atoms in total. The van der Waals surface area contributed by atoms with Crippen molar-refractivity contribution in [2.24, 2.45) is 31.9 Å². The first kappa shape index (κ1) is 14.0. The monoisotopic (exact) mass is 246 g/mol. The third-order valence-corrected chi connectivity index (χ3v) is 2.13. The lowest BCUT2D eigenvalue weighted by Crippen LogP contribution is -2.05. The Balaban J connectivity index is 4.30. The molecule has 0 saturated carbocycles. The van der Waals surface area contributed by atoms with Gasteiger partial charge in [0.25, 0.3) is 0 Å². The Morgan fingerprint density at radius 2 is 1.53 bits per heavy atom. The van der Waals surface area contributed by atoms with Crippen molar-refractivity contribution >= 4 is 45.8 Å². The van der Waals surface area contributed by atoms with Crippen LogP contribution in [0, 0.1) is 0 Å². The maximum absolute atomic E-state index is 5.43. The molecule has 15 heavy (non-hydrogen) atoms. The highest BCUT2D eigenvalue weighted by molar-refractivity contribution is 8.13. The molecule has 0 aromatic carbocycles. The van der Waals surface area contributed by atoms with Crippen LogP contribution in [-0.2, 0) is 0 Å². The van der Waals surface area contributed by atoms with E-state index in [2.05, 4.69) is 20.4 Å². The van der Waals surface area contributed by atoms with Gasteiger partial charge >= 0.3 is 0 Å². The molecule has 0 atom stereocenters. The summed E-state index contributed by atoms with van der Waals surface area (Å²) >= 11 is 2.65. The quantitative estimate of drug-likeness (QED) is 0.435. The standard InChI is InChI=1S/C7H14N6S2/c1-5(11-13-7(9)15-3)4-10-12-6(8)14-2/h4H,1-3H3,(H2,8,12)(H2,9,13). The lowest BCUT2D eigenvalue weighted by molar-refractivity contribution is 1.23. The van der Waals surface area contributed by atoms with Gasteiger partial charge in [-0.2, -0.15) is 10.2 Å². The number of thioether (sulfide) groups is 2. The van der Waals surface area contributed by atoms with Crippen LogP contribution >= 0.6 is 23.5 Å². The summed E-state index contributed by atoms with van der Waals surface area (Å²) in [6.07, 6.45) is 5.10. The molecule has 0 radical (unpaired) electrons. The molecule has 0 aliphatic heterocycles. The predicted molar refractivity (Wildman–Crippen MR) is 71.9 cm³/mol. The average molecular weight is 246 g/mol. The van der Waals surface area contributed by atoms with E-state index in [0.717, 1.165) is 0 Å². The molecule has 0 amide bonds. The lowest BCUT2D eigenvalue weighted by Gasteiger charge is -1.90. The van der Waals surface area contributed by atoms with E-state index in [1.807, 2.05) is 12.5 Å². The van der Waals surface area contributed by atoms with Crippen LogP contribution in [0.3, 0.4) is 0 Å². The fraction of sp³-hybridized carbons (Fsp3) is 0.429. The predicted octanol–water partition coefficient (Wildman–Crippen LogP) is 0.704. The molecule has 0 aromatic heterocycles.